The Bertz CT molecular complexity index is 1160. The van der Waals surface area contributed by atoms with Crippen molar-refractivity contribution in [2.24, 2.45) is 0 Å². The van der Waals surface area contributed by atoms with Gasteiger partial charge in [-0.2, -0.15) is 0 Å². The molecule has 0 bridgehead atoms. The van der Waals surface area contributed by atoms with Crippen molar-refractivity contribution in [3.05, 3.63) is 65.7 Å². The molecule has 0 aliphatic rings. The van der Waals surface area contributed by atoms with E-state index in [0.717, 1.165) is 16.1 Å². The average Bonchev–Trinajstić information content (AvgIpc) is 2.76. The van der Waals surface area contributed by atoms with Gasteiger partial charge in [0, 0.05) is 17.6 Å². The van der Waals surface area contributed by atoms with E-state index in [1.807, 2.05) is 51.1 Å². The molecule has 190 valence electrons. The van der Waals surface area contributed by atoms with Gasteiger partial charge in [-0.3, -0.25) is 18.7 Å². The van der Waals surface area contributed by atoms with Crippen molar-refractivity contribution in [1.82, 2.24) is 10.2 Å². The number of amides is 2. The van der Waals surface area contributed by atoms with Crippen molar-refractivity contribution in [2.45, 2.75) is 52.6 Å². The summed E-state index contributed by atoms with van der Waals surface area (Å²) in [5, 5.41) is 2.89. The second kappa shape index (κ2) is 11.5. The van der Waals surface area contributed by atoms with Crippen molar-refractivity contribution in [1.29, 1.82) is 0 Å². The van der Waals surface area contributed by atoms with Gasteiger partial charge in [-0.1, -0.05) is 42.5 Å². The van der Waals surface area contributed by atoms with Gasteiger partial charge in [0.1, 0.15) is 12.6 Å². The number of benzene rings is 2. The fourth-order valence-electron chi connectivity index (χ4n) is 3.54. The minimum Gasteiger partial charge on any atom is -0.350 e. The summed E-state index contributed by atoms with van der Waals surface area (Å²) in [6.45, 7) is 8.29. The lowest BCUT2D eigenvalue weighted by atomic mass is 10.1. The molecule has 0 saturated heterocycles. The van der Waals surface area contributed by atoms with E-state index in [0.29, 0.717) is 12.0 Å². The second-order valence-corrected chi connectivity index (χ2v) is 11.5. The lowest BCUT2D eigenvalue weighted by Crippen LogP contribution is -2.55. The van der Waals surface area contributed by atoms with Crippen molar-refractivity contribution in [3.8, 4) is 0 Å². The fraction of sp³-hybridized carbons (Fsp3) is 0.423. The molecular formula is C26H35N3O5S. The molecule has 0 saturated carbocycles. The van der Waals surface area contributed by atoms with Gasteiger partial charge in [0.25, 0.3) is 0 Å². The van der Waals surface area contributed by atoms with Crippen LogP contribution in [0.15, 0.2) is 54.6 Å². The third-order valence-corrected chi connectivity index (χ3v) is 6.51. The predicted octanol–water partition coefficient (Wildman–Crippen LogP) is 3.03. The summed E-state index contributed by atoms with van der Waals surface area (Å²) in [5.41, 5.74) is 1.04. The summed E-state index contributed by atoms with van der Waals surface area (Å²) >= 11 is 0. The van der Waals surface area contributed by atoms with Gasteiger partial charge in [-0.15, -0.1) is 0 Å². The van der Waals surface area contributed by atoms with E-state index in [9.17, 15) is 22.8 Å². The molecule has 8 nitrogen and oxygen atoms in total. The molecule has 9 heteroatoms. The van der Waals surface area contributed by atoms with Gasteiger partial charge in [-0.05, 0) is 58.7 Å². The molecule has 1 N–H and O–H groups in total. The minimum absolute atomic E-state index is 0.211. The molecule has 0 fully saturated rings. The first kappa shape index (κ1) is 28.0. The Kier molecular flexibility index (Phi) is 9.20. The zero-order valence-corrected chi connectivity index (χ0v) is 22.1. The number of hydrogen-bond acceptors (Lipinski definition) is 5. The number of anilines is 1. The Labute approximate surface area is 208 Å². The summed E-state index contributed by atoms with van der Waals surface area (Å²) in [6.07, 6.45) is 1.50. The number of nitrogens with zero attached hydrogens (tertiary/aromatic N) is 2. The molecule has 0 radical (unpaired) electrons. The van der Waals surface area contributed by atoms with Crippen LogP contribution >= 0.6 is 0 Å². The largest absolute Gasteiger partial charge is 0.350 e. The zero-order chi connectivity index (χ0) is 26.4. The molecule has 0 spiro atoms. The number of hydrogen-bond donors (Lipinski definition) is 1. The van der Waals surface area contributed by atoms with Gasteiger partial charge in [-0.25, -0.2) is 8.42 Å². The molecule has 0 aliphatic heterocycles. The van der Waals surface area contributed by atoms with Crippen LogP contribution in [-0.4, -0.2) is 61.8 Å². The van der Waals surface area contributed by atoms with Crippen molar-refractivity contribution >= 4 is 33.3 Å². The van der Waals surface area contributed by atoms with E-state index in [-0.39, 0.29) is 23.9 Å². The highest BCUT2D eigenvalue weighted by Gasteiger charge is 2.31. The standard InChI is InChI=1S/C26H35N3O5S/c1-19(25(32)27-26(3,4)5)28(16-15-21-11-8-7-9-12-21)24(31)18-29(35(6,33)34)23-14-10-13-22(17-23)20(2)30/h7-14,17,19H,15-16,18H2,1-6H3,(H,27,32)/t19-/m1/s1. The van der Waals surface area contributed by atoms with Crippen LogP contribution < -0.4 is 9.62 Å². The maximum atomic E-state index is 13.5. The lowest BCUT2D eigenvalue weighted by Gasteiger charge is -2.33. The van der Waals surface area contributed by atoms with Gasteiger partial charge in [0.05, 0.1) is 11.9 Å². The van der Waals surface area contributed by atoms with E-state index < -0.39 is 34.1 Å². The van der Waals surface area contributed by atoms with E-state index in [1.165, 1.54) is 24.0 Å². The maximum absolute atomic E-state index is 13.5. The average molecular weight is 502 g/mol. The molecule has 0 unspecified atom stereocenters. The molecule has 0 aliphatic carbocycles. The van der Waals surface area contributed by atoms with E-state index in [4.69, 9.17) is 0 Å². The molecule has 1 atom stereocenters. The Morgan fingerprint density at radius 1 is 1.00 bits per heavy atom. The van der Waals surface area contributed by atoms with E-state index in [2.05, 4.69) is 5.32 Å². The molecule has 2 aromatic rings. The quantitative estimate of drug-likeness (QED) is 0.504. The van der Waals surface area contributed by atoms with E-state index >= 15 is 0 Å². The number of rotatable bonds is 10. The molecule has 0 aromatic heterocycles. The van der Waals surface area contributed by atoms with Crippen LogP contribution in [0.3, 0.4) is 0 Å². The van der Waals surface area contributed by atoms with Crippen LogP contribution in [-0.2, 0) is 26.0 Å². The van der Waals surface area contributed by atoms with Crippen molar-refractivity contribution in [3.63, 3.8) is 0 Å². The summed E-state index contributed by atoms with van der Waals surface area (Å²) in [6, 6.07) is 14.8. The summed E-state index contributed by atoms with van der Waals surface area (Å²) in [5.74, 6) is -1.07. The molecular weight excluding hydrogens is 466 g/mol. The highest BCUT2D eigenvalue weighted by atomic mass is 32.2. The smallest absolute Gasteiger partial charge is 0.244 e. The third kappa shape index (κ3) is 8.51. The first-order valence-electron chi connectivity index (χ1n) is 11.4. The van der Waals surface area contributed by atoms with Gasteiger partial charge >= 0.3 is 0 Å². The monoisotopic (exact) mass is 501 g/mol. The molecule has 2 rings (SSSR count). The van der Waals surface area contributed by atoms with Crippen LogP contribution in [0.25, 0.3) is 0 Å². The summed E-state index contributed by atoms with van der Waals surface area (Å²) in [7, 11) is -3.86. The number of carbonyl (C=O) groups excluding carboxylic acids is 3. The van der Waals surface area contributed by atoms with Crippen LogP contribution in [0.4, 0.5) is 5.69 Å². The number of sulfonamides is 1. The van der Waals surface area contributed by atoms with Crippen LogP contribution in [0.5, 0.6) is 0 Å². The Hall–Kier alpha value is -3.20. The first-order valence-corrected chi connectivity index (χ1v) is 13.3. The highest BCUT2D eigenvalue weighted by Crippen LogP contribution is 2.20. The summed E-state index contributed by atoms with van der Waals surface area (Å²) in [4.78, 5) is 39.6. The van der Waals surface area contributed by atoms with Crippen molar-refractivity contribution < 1.29 is 22.8 Å². The molecule has 35 heavy (non-hydrogen) atoms. The maximum Gasteiger partial charge on any atom is 0.244 e. The molecule has 2 amide bonds. The Balaban J connectivity index is 2.37. The van der Waals surface area contributed by atoms with Crippen LogP contribution in [0, 0.1) is 0 Å². The summed E-state index contributed by atoms with van der Waals surface area (Å²) < 4.78 is 26.2. The third-order valence-electron chi connectivity index (χ3n) is 5.37. The minimum atomic E-state index is -3.86. The number of Topliss-reactive ketones (excluding diaryl/α,β-unsaturated/α-hetero) is 1. The SMILES string of the molecule is CC(=O)c1cccc(N(CC(=O)N(CCc2ccccc2)[C@H](C)C(=O)NC(C)(C)C)S(C)(=O)=O)c1. The zero-order valence-electron chi connectivity index (χ0n) is 21.2. The molecule has 0 heterocycles. The highest BCUT2D eigenvalue weighted by molar-refractivity contribution is 7.92. The first-order chi connectivity index (χ1) is 16.2. The predicted molar refractivity (Wildman–Crippen MR) is 138 cm³/mol. The normalized spacial score (nSPS) is 12.5. The van der Waals surface area contributed by atoms with Crippen LogP contribution in [0.2, 0.25) is 0 Å². The molecule has 2 aromatic carbocycles. The topological polar surface area (TPSA) is 104 Å². The Morgan fingerprint density at radius 2 is 1.63 bits per heavy atom. The van der Waals surface area contributed by atoms with Gasteiger partial charge in [0.15, 0.2) is 5.78 Å². The number of nitrogens with one attached hydrogen (secondary N) is 1. The van der Waals surface area contributed by atoms with E-state index in [1.54, 1.807) is 19.1 Å². The Morgan fingerprint density at radius 3 is 2.17 bits per heavy atom. The van der Waals surface area contributed by atoms with Gasteiger partial charge < -0.3 is 10.2 Å². The fourth-order valence-corrected chi connectivity index (χ4v) is 4.38. The van der Waals surface area contributed by atoms with Crippen molar-refractivity contribution in [2.75, 3.05) is 23.7 Å². The lowest BCUT2D eigenvalue weighted by molar-refractivity contribution is -0.139. The number of carbonyl (C=O) groups is 3. The van der Waals surface area contributed by atoms with Gasteiger partial charge in [0.2, 0.25) is 21.8 Å². The second-order valence-electron chi connectivity index (χ2n) is 9.61. The number of ketones is 1. The van der Waals surface area contributed by atoms with Crippen LogP contribution in [0.1, 0.15) is 50.5 Å².